The van der Waals surface area contributed by atoms with Crippen molar-refractivity contribution < 1.29 is 4.74 Å². The van der Waals surface area contributed by atoms with E-state index in [-0.39, 0.29) is 5.60 Å². The molecule has 0 radical (unpaired) electrons. The van der Waals surface area contributed by atoms with Crippen molar-refractivity contribution in [3.8, 4) is 11.8 Å². The van der Waals surface area contributed by atoms with Gasteiger partial charge in [-0.3, -0.25) is 0 Å². The summed E-state index contributed by atoms with van der Waals surface area (Å²) in [5.41, 5.74) is 0.511. The van der Waals surface area contributed by atoms with Crippen LogP contribution in [0.1, 0.15) is 25.3 Å². The van der Waals surface area contributed by atoms with E-state index >= 15 is 0 Å². The molecule has 2 rings (SSSR count). The molecular weight excluding hydrogens is 212 g/mol. The molecule has 1 aliphatic rings. The van der Waals surface area contributed by atoms with Crippen LogP contribution in [-0.2, 0) is 0 Å². The Morgan fingerprint density at radius 3 is 3.00 bits per heavy atom. The number of likely N-dealkylation sites (N-methyl/N-ethyl adjacent to an activating group) is 1. The van der Waals surface area contributed by atoms with Crippen LogP contribution in [0.5, 0.6) is 5.75 Å². The van der Waals surface area contributed by atoms with Crippen molar-refractivity contribution >= 4 is 0 Å². The molecule has 1 aromatic carbocycles. The molecule has 3 nitrogen and oxygen atoms in total. The Kier molecular flexibility index (Phi) is 3.35. The maximum Gasteiger partial charge on any atom is 0.121 e. The molecule has 90 valence electrons. The first-order valence-electron chi connectivity index (χ1n) is 5.99. The third kappa shape index (κ3) is 2.98. The summed E-state index contributed by atoms with van der Waals surface area (Å²) in [6.45, 7) is 4.21. The number of likely N-dealkylation sites (tertiary alicyclic amines) is 1. The van der Waals surface area contributed by atoms with E-state index in [1.807, 2.05) is 12.1 Å². The van der Waals surface area contributed by atoms with Crippen LogP contribution in [0, 0.1) is 11.3 Å². The van der Waals surface area contributed by atoms with Crippen LogP contribution >= 0.6 is 0 Å². The predicted molar refractivity (Wildman–Crippen MR) is 66.9 cm³/mol. The molecule has 0 aromatic heterocycles. The van der Waals surface area contributed by atoms with Gasteiger partial charge >= 0.3 is 0 Å². The van der Waals surface area contributed by atoms with Gasteiger partial charge in [-0.05, 0) is 51.6 Å². The minimum Gasteiger partial charge on any atom is -0.486 e. The monoisotopic (exact) mass is 230 g/mol. The molecule has 0 aliphatic carbocycles. The van der Waals surface area contributed by atoms with Crippen molar-refractivity contribution in [1.29, 1.82) is 5.26 Å². The standard InChI is InChI=1S/C14H18N2O/c1-14(7-4-8-16(2)11-14)17-13-6-3-5-12(9-13)10-15/h3,5-6,9H,4,7-8,11H2,1-2H3. The smallest absolute Gasteiger partial charge is 0.121 e. The highest BCUT2D eigenvalue weighted by molar-refractivity contribution is 5.36. The second-order valence-electron chi connectivity index (χ2n) is 5.03. The van der Waals surface area contributed by atoms with Gasteiger partial charge < -0.3 is 9.64 Å². The molecule has 0 N–H and O–H groups in total. The summed E-state index contributed by atoms with van der Waals surface area (Å²) in [7, 11) is 2.12. The molecule has 3 heteroatoms. The van der Waals surface area contributed by atoms with Gasteiger partial charge in [-0.2, -0.15) is 5.26 Å². The largest absolute Gasteiger partial charge is 0.486 e. The summed E-state index contributed by atoms with van der Waals surface area (Å²) in [6, 6.07) is 9.52. The van der Waals surface area contributed by atoms with Crippen LogP contribution in [0.4, 0.5) is 0 Å². The van der Waals surface area contributed by atoms with Crippen molar-refractivity contribution in [1.82, 2.24) is 4.90 Å². The van der Waals surface area contributed by atoms with Gasteiger partial charge in [-0.15, -0.1) is 0 Å². The maximum absolute atomic E-state index is 8.86. The molecule has 0 saturated carbocycles. The fourth-order valence-electron chi connectivity index (χ4n) is 2.45. The summed E-state index contributed by atoms with van der Waals surface area (Å²) >= 11 is 0. The van der Waals surface area contributed by atoms with E-state index in [1.165, 1.54) is 0 Å². The number of benzene rings is 1. The van der Waals surface area contributed by atoms with E-state index in [1.54, 1.807) is 12.1 Å². The Morgan fingerprint density at radius 1 is 1.47 bits per heavy atom. The van der Waals surface area contributed by atoms with Crippen molar-refractivity contribution in [3.05, 3.63) is 29.8 Å². The average Bonchev–Trinajstić information content (AvgIpc) is 2.28. The lowest BCUT2D eigenvalue weighted by atomic mass is 9.95. The molecule has 1 aromatic rings. The van der Waals surface area contributed by atoms with E-state index in [0.29, 0.717) is 5.56 Å². The predicted octanol–water partition coefficient (Wildman–Crippen LogP) is 2.42. The van der Waals surface area contributed by atoms with Crippen molar-refractivity contribution in [3.63, 3.8) is 0 Å². The van der Waals surface area contributed by atoms with Crippen LogP contribution in [0.15, 0.2) is 24.3 Å². The highest BCUT2D eigenvalue weighted by atomic mass is 16.5. The van der Waals surface area contributed by atoms with Gasteiger partial charge in [0.1, 0.15) is 11.4 Å². The van der Waals surface area contributed by atoms with Crippen LogP contribution in [0.3, 0.4) is 0 Å². The second kappa shape index (κ2) is 4.77. The highest BCUT2D eigenvalue weighted by Gasteiger charge is 2.31. The third-order valence-electron chi connectivity index (χ3n) is 3.18. The Labute approximate surface area is 103 Å². The Bertz CT molecular complexity index is 438. The number of hydrogen-bond acceptors (Lipinski definition) is 3. The van der Waals surface area contributed by atoms with E-state index in [4.69, 9.17) is 10.00 Å². The summed E-state index contributed by atoms with van der Waals surface area (Å²) in [5, 5.41) is 8.86. The molecule has 1 heterocycles. The van der Waals surface area contributed by atoms with Gasteiger partial charge in [0.15, 0.2) is 0 Å². The molecule has 1 atom stereocenters. The van der Waals surface area contributed by atoms with Gasteiger partial charge in [-0.1, -0.05) is 6.07 Å². The van der Waals surface area contributed by atoms with Gasteiger partial charge in [0.25, 0.3) is 0 Å². The van der Waals surface area contributed by atoms with Crippen molar-refractivity contribution in [2.45, 2.75) is 25.4 Å². The quantitative estimate of drug-likeness (QED) is 0.783. The van der Waals surface area contributed by atoms with Crippen LogP contribution in [-0.4, -0.2) is 30.6 Å². The third-order valence-corrected chi connectivity index (χ3v) is 3.18. The van der Waals surface area contributed by atoms with E-state index < -0.39 is 0 Å². The molecule has 1 fully saturated rings. The molecule has 17 heavy (non-hydrogen) atoms. The normalized spacial score (nSPS) is 25.2. The van der Waals surface area contributed by atoms with E-state index in [9.17, 15) is 0 Å². The summed E-state index contributed by atoms with van der Waals surface area (Å²) in [6.07, 6.45) is 2.22. The second-order valence-corrected chi connectivity index (χ2v) is 5.03. The summed E-state index contributed by atoms with van der Waals surface area (Å²) < 4.78 is 6.06. The Morgan fingerprint density at radius 2 is 2.29 bits per heavy atom. The van der Waals surface area contributed by atoms with Crippen LogP contribution < -0.4 is 4.74 Å². The molecule has 1 saturated heterocycles. The molecule has 1 unspecified atom stereocenters. The fraction of sp³-hybridized carbons (Fsp3) is 0.500. The van der Waals surface area contributed by atoms with Gasteiger partial charge in [0, 0.05) is 6.54 Å². The topological polar surface area (TPSA) is 36.3 Å². The molecule has 1 aliphatic heterocycles. The first-order chi connectivity index (χ1) is 8.11. The molecule has 0 bridgehead atoms. The molecular formula is C14H18N2O. The SMILES string of the molecule is CN1CCCC(C)(Oc2cccc(C#N)c2)C1. The number of ether oxygens (including phenoxy) is 1. The summed E-state index contributed by atoms with van der Waals surface area (Å²) in [4.78, 5) is 2.29. The van der Waals surface area contributed by atoms with Crippen LogP contribution in [0.2, 0.25) is 0 Å². The Hall–Kier alpha value is -1.53. The average molecular weight is 230 g/mol. The molecule has 0 amide bonds. The number of piperidine rings is 1. The minimum atomic E-state index is -0.138. The maximum atomic E-state index is 8.86. The Balaban J connectivity index is 2.11. The van der Waals surface area contributed by atoms with Crippen molar-refractivity contribution in [2.24, 2.45) is 0 Å². The van der Waals surface area contributed by atoms with Crippen molar-refractivity contribution in [2.75, 3.05) is 20.1 Å². The number of hydrogen-bond donors (Lipinski definition) is 0. The lowest BCUT2D eigenvalue weighted by molar-refractivity contribution is 0.0156. The van der Waals surface area contributed by atoms with Crippen LogP contribution in [0.25, 0.3) is 0 Å². The van der Waals surface area contributed by atoms with Gasteiger partial charge in [0.05, 0.1) is 11.6 Å². The lowest BCUT2D eigenvalue weighted by Gasteiger charge is -2.39. The number of rotatable bonds is 2. The van der Waals surface area contributed by atoms with E-state index in [0.717, 1.165) is 31.7 Å². The fourth-order valence-corrected chi connectivity index (χ4v) is 2.45. The molecule has 0 spiro atoms. The minimum absolute atomic E-state index is 0.138. The van der Waals surface area contributed by atoms with E-state index in [2.05, 4.69) is 24.9 Å². The van der Waals surface area contributed by atoms with Gasteiger partial charge in [-0.25, -0.2) is 0 Å². The summed E-state index contributed by atoms with van der Waals surface area (Å²) in [5.74, 6) is 0.793. The van der Waals surface area contributed by atoms with Gasteiger partial charge in [0.2, 0.25) is 0 Å². The first kappa shape index (κ1) is 11.9. The number of nitriles is 1. The zero-order valence-electron chi connectivity index (χ0n) is 10.4. The highest BCUT2D eigenvalue weighted by Crippen LogP contribution is 2.27. The zero-order valence-corrected chi connectivity index (χ0v) is 10.4. The lowest BCUT2D eigenvalue weighted by Crippen LogP contribution is -2.48. The zero-order chi connectivity index (χ0) is 12.3. The first-order valence-corrected chi connectivity index (χ1v) is 5.99. The number of nitrogens with zero attached hydrogens (tertiary/aromatic N) is 2.